The second-order valence-electron chi connectivity index (χ2n) is 12.2. The van der Waals surface area contributed by atoms with Gasteiger partial charge < -0.3 is 25.0 Å². The van der Waals surface area contributed by atoms with Gasteiger partial charge in [-0.15, -0.1) is 0 Å². The summed E-state index contributed by atoms with van der Waals surface area (Å²) in [6.07, 6.45) is 4.85. The average Bonchev–Trinajstić information content (AvgIpc) is 3.21. The summed E-state index contributed by atoms with van der Waals surface area (Å²) in [5.74, 6) is -0.0276. The summed E-state index contributed by atoms with van der Waals surface area (Å²) in [6.45, 7) is 11.2. The van der Waals surface area contributed by atoms with Crippen molar-refractivity contribution < 1.29 is 23.9 Å². The van der Waals surface area contributed by atoms with Crippen molar-refractivity contribution in [1.29, 1.82) is 0 Å². The van der Waals surface area contributed by atoms with Crippen molar-refractivity contribution in [2.24, 2.45) is 5.92 Å². The fraction of sp³-hybridized carbons (Fsp3) is 0.545. The maximum absolute atomic E-state index is 13.5. The van der Waals surface area contributed by atoms with Crippen LogP contribution in [0.15, 0.2) is 54.6 Å². The van der Waals surface area contributed by atoms with Crippen molar-refractivity contribution >= 4 is 17.9 Å². The van der Waals surface area contributed by atoms with Crippen molar-refractivity contribution in [3.63, 3.8) is 0 Å². The molecule has 2 N–H and O–H groups in total. The van der Waals surface area contributed by atoms with Crippen molar-refractivity contribution in [2.75, 3.05) is 13.1 Å². The lowest BCUT2D eigenvalue weighted by Gasteiger charge is -2.28. The zero-order valence-electron chi connectivity index (χ0n) is 25.3. The normalized spacial score (nSPS) is 15.4. The topological polar surface area (TPSA) is 97.0 Å². The zero-order chi connectivity index (χ0) is 29.8. The van der Waals surface area contributed by atoms with E-state index in [-0.39, 0.29) is 24.3 Å². The van der Waals surface area contributed by atoms with Gasteiger partial charge in [0.15, 0.2) is 0 Å². The Labute approximate surface area is 245 Å². The third kappa shape index (κ3) is 11.5. The molecule has 0 aromatic heterocycles. The number of benzene rings is 2. The summed E-state index contributed by atoms with van der Waals surface area (Å²) in [5.41, 5.74) is 1.21. The standard InChI is InChI=1S/C33H47N3O5/c1-24(2)21-28(35-32(39)36-19-11-6-7-12-20-36)30(37)34-29(31(38)41-33(3,4)5)22-25-15-17-27(18-16-25)40-23-26-13-9-8-10-14-26/h8-10,13-18,24,28-29H,6-7,11-12,19-23H2,1-5H3,(H,34,37)(H,35,39)/t28?,29-/m0/s1. The highest BCUT2D eigenvalue weighted by molar-refractivity contribution is 5.90. The largest absolute Gasteiger partial charge is 0.489 e. The molecule has 8 heteroatoms. The quantitative estimate of drug-likeness (QED) is 0.344. The lowest BCUT2D eigenvalue weighted by Crippen LogP contribution is -2.55. The van der Waals surface area contributed by atoms with Crippen molar-refractivity contribution in [3.8, 4) is 5.75 Å². The molecule has 1 aliphatic heterocycles. The molecule has 41 heavy (non-hydrogen) atoms. The maximum Gasteiger partial charge on any atom is 0.329 e. The summed E-state index contributed by atoms with van der Waals surface area (Å²) in [6, 6.07) is 15.5. The third-order valence-electron chi connectivity index (χ3n) is 6.83. The van der Waals surface area contributed by atoms with Crippen LogP contribution in [-0.4, -0.2) is 53.6 Å². The van der Waals surface area contributed by atoms with Crippen LogP contribution in [0.4, 0.5) is 4.79 Å². The molecule has 2 aromatic carbocycles. The first-order chi connectivity index (χ1) is 19.5. The van der Waals surface area contributed by atoms with Crippen LogP contribution in [0.25, 0.3) is 0 Å². The van der Waals surface area contributed by atoms with Gasteiger partial charge in [0.2, 0.25) is 5.91 Å². The summed E-state index contributed by atoms with van der Waals surface area (Å²) in [4.78, 5) is 41.6. The van der Waals surface area contributed by atoms with Gasteiger partial charge in [0.25, 0.3) is 0 Å². The smallest absolute Gasteiger partial charge is 0.329 e. The minimum atomic E-state index is -0.914. The summed E-state index contributed by atoms with van der Waals surface area (Å²) >= 11 is 0. The van der Waals surface area contributed by atoms with E-state index in [0.717, 1.165) is 36.8 Å². The molecule has 3 rings (SSSR count). The van der Waals surface area contributed by atoms with E-state index in [2.05, 4.69) is 10.6 Å². The van der Waals surface area contributed by atoms with E-state index in [4.69, 9.17) is 9.47 Å². The molecular formula is C33H47N3O5. The predicted molar refractivity (Wildman–Crippen MR) is 161 cm³/mol. The highest BCUT2D eigenvalue weighted by Gasteiger charge is 2.31. The molecule has 0 saturated carbocycles. The number of carbonyl (C=O) groups excluding carboxylic acids is 3. The second-order valence-corrected chi connectivity index (χ2v) is 12.2. The van der Waals surface area contributed by atoms with Gasteiger partial charge in [-0.1, -0.05) is 69.2 Å². The van der Waals surface area contributed by atoms with Crippen LogP contribution in [0.3, 0.4) is 0 Å². The van der Waals surface area contributed by atoms with Crippen LogP contribution < -0.4 is 15.4 Å². The van der Waals surface area contributed by atoms with Crippen LogP contribution in [-0.2, 0) is 27.4 Å². The van der Waals surface area contributed by atoms with Gasteiger partial charge in [-0.05, 0) is 69.2 Å². The summed E-state index contributed by atoms with van der Waals surface area (Å²) in [5, 5.41) is 5.84. The van der Waals surface area contributed by atoms with E-state index in [1.807, 2.05) is 68.4 Å². The Hall–Kier alpha value is -3.55. The van der Waals surface area contributed by atoms with E-state index in [1.54, 1.807) is 25.7 Å². The maximum atomic E-state index is 13.5. The van der Waals surface area contributed by atoms with Gasteiger partial charge in [0.05, 0.1) is 0 Å². The second kappa shape index (κ2) is 15.5. The SMILES string of the molecule is CC(C)CC(NC(=O)N1CCCCCC1)C(=O)N[C@@H](Cc1ccc(OCc2ccccc2)cc1)C(=O)OC(C)(C)C. The van der Waals surface area contributed by atoms with Crippen molar-refractivity contribution in [3.05, 3.63) is 65.7 Å². The van der Waals surface area contributed by atoms with Gasteiger partial charge in [-0.3, -0.25) is 4.79 Å². The van der Waals surface area contributed by atoms with Gasteiger partial charge in [-0.25, -0.2) is 9.59 Å². The first-order valence-corrected chi connectivity index (χ1v) is 14.8. The van der Waals surface area contributed by atoms with Gasteiger partial charge in [-0.2, -0.15) is 0 Å². The van der Waals surface area contributed by atoms with E-state index < -0.39 is 23.7 Å². The molecule has 1 unspecified atom stereocenters. The predicted octanol–water partition coefficient (Wildman–Crippen LogP) is 5.63. The first kappa shape index (κ1) is 32.0. The molecule has 1 heterocycles. The molecule has 1 saturated heterocycles. The number of ether oxygens (including phenoxy) is 2. The van der Waals surface area contributed by atoms with Crippen molar-refractivity contribution in [1.82, 2.24) is 15.5 Å². The minimum absolute atomic E-state index is 0.165. The number of nitrogens with one attached hydrogen (secondary N) is 2. The molecule has 0 radical (unpaired) electrons. The van der Waals surface area contributed by atoms with E-state index in [1.165, 1.54) is 0 Å². The number of carbonyl (C=O) groups is 3. The molecule has 224 valence electrons. The highest BCUT2D eigenvalue weighted by atomic mass is 16.6. The zero-order valence-corrected chi connectivity index (χ0v) is 25.3. The van der Waals surface area contributed by atoms with Crippen molar-refractivity contribution in [2.45, 2.75) is 97.4 Å². The molecule has 2 aromatic rings. The molecule has 0 aliphatic carbocycles. The molecular weight excluding hydrogens is 518 g/mol. The average molecular weight is 566 g/mol. The number of nitrogens with zero attached hydrogens (tertiary/aromatic N) is 1. The number of rotatable bonds is 11. The molecule has 0 spiro atoms. The first-order valence-electron chi connectivity index (χ1n) is 14.8. The number of likely N-dealkylation sites (tertiary alicyclic amines) is 1. The lowest BCUT2D eigenvalue weighted by molar-refractivity contribution is -0.158. The van der Waals surface area contributed by atoms with Gasteiger partial charge in [0.1, 0.15) is 30.0 Å². The highest BCUT2D eigenvalue weighted by Crippen LogP contribution is 2.18. The Morgan fingerprint density at radius 2 is 1.46 bits per heavy atom. The minimum Gasteiger partial charge on any atom is -0.489 e. The van der Waals surface area contributed by atoms with E-state index in [9.17, 15) is 14.4 Å². The van der Waals surface area contributed by atoms with E-state index >= 15 is 0 Å². The number of urea groups is 1. The Morgan fingerprint density at radius 1 is 0.829 bits per heavy atom. The molecule has 3 amide bonds. The number of amides is 3. The Balaban J connectivity index is 1.70. The van der Waals surface area contributed by atoms with Crippen LogP contribution >= 0.6 is 0 Å². The fourth-order valence-corrected chi connectivity index (χ4v) is 4.75. The Kier molecular flexibility index (Phi) is 12.0. The van der Waals surface area contributed by atoms with Crippen LogP contribution in [0, 0.1) is 5.92 Å². The molecule has 1 aliphatic rings. The Bertz CT molecular complexity index is 1100. The number of hydrogen-bond donors (Lipinski definition) is 2. The van der Waals surface area contributed by atoms with Crippen LogP contribution in [0.2, 0.25) is 0 Å². The third-order valence-corrected chi connectivity index (χ3v) is 6.83. The van der Waals surface area contributed by atoms with Gasteiger partial charge >= 0.3 is 12.0 Å². The molecule has 8 nitrogen and oxygen atoms in total. The number of esters is 1. The monoisotopic (exact) mass is 565 g/mol. The van der Waals surface area contributed by atoms with Crippen LogP contribution in [0.1, 0.15) is 77.8 Å². The summed E-state index contributed by atoms with van der Waals surface area (Å²) < 4.78 is 11.5. The molecule has 2 atom stereocenters. The molecule has 1 fully saturated rings. The van der Waals surface area contributed by atoms with Crippen LogP contribution in [0.5, 0.6) is 5.75 Å². The summed E-state index contributed by atoms with van der Waals surface area (Å²) in [7, 11) is 0. The van der Waals surface area contributed by atoms with Gasteiger partial charge in [0, 0.05) is 19.5 Å². The van der Waals surface area contributed by atoms with E-state index in [0.29, 0.717) is 31.9 Å². The molecule has 0 bridgehead atoms. The Morgan fingerprint density at radius 3 is 2.05 bits per heavy atom. The fourth-order valence-electron chi connectivity index (χ4n) is 4.75. The number of hydrogen-bond acceptors (Lipinski definition) is 5. The lowest BCUT2D eigenvalue weighted by atomic mass is 10.0.